The smallest absolute Gasteiger partial charge is 0.335 e. The number of phenols is 4. The average molecular weight is 773 g/mol. The number of carbonyl (C=O) groups is 4. The maximum Gasteiger partial charge on any atom is 0.335 e. The van der Waals surface area contributed by atoms with Crippen LogP contribution in [0.2, 0.25) is 0 Å². The van der Waals surface area contributed by atoms with E-state index in [0.717, 1.165) is 99.0 Å². The number of hydrogen-bond acceptors (Lipinski definition) is 12. The van der Waals surface area contributed by atoms with Crippen LogP contribution < -0.4 is 43.4 Å². The molecule has 0 aliphatic heterocycles. The third-order valence-electron chi connectivity index (χ3n) is 5.32. The molecule has 24 N–H and O–H groups in total. The zero-order chi connectivity index (χ0) is 40.6. The van der Waals surface area contributed by atoms with Crippen LogP contribution in [0.25, 0.3) is 0 Å². The first-order chi connectivity index (χ1) is 24.3. The Kier molecular flexibility index (Phi) is 28.4. The van der Waals surface area contributed by atoms with Crippen molar-refractivity contribution in [2.75, 3.05) is 26.2 Å². The van der Waals surface area contributed by atoms with Crippen molar-refractivity contribution in [1.29, 1.82) is 0 Å². The van der Waals surface area contributed by atoms with Gasteiger partial charge in [-0.2, -0.15) is 0 Å². The third kappa shape index (κ3) is 21.9. The molecule has 22 nitrogen and oxygen atoms in total. The average Bonchev–Trinajstić information content (AvgIpc) is 3.10. The minimum atomic E-state index is -1.17. The molecule has 4 aromatic rings. The van der Waals surface area contributed by atoms with Gasteiger partial charge in [-0.3, -0.25) is 0 Å². The van der Waals surface area contributed by atoms with Crippen LogP contribution in [-0.4, -0.2) is 102 Å². The molecule has 0 atom stereocenters. The highest BCUT2D eigenvalue weighted by molar-refractivity contribution is 5.89. The molecule has 0 fully saturated rings. The van der Waals surface area contributed by atoms with Gasteiger partial charge in [0.2, 0.25) is 0 Å². The van der Waals surface area contributed by atoms with Crippen molar-refractivity contribution in [2.45, 2.75) is 0 Å². The van der Waals surface area contributed by atoms with Gasteiger partial charge in [-0.25, -0.2) is 19.2 Å². The fourth-order valence-corrected chi connectivity index (χ4v) is 2.60. The highest BCUT2D eigenvalue weighted by atomic mass is 16.4. The van der Waals surface area contributed by atoms with Gasteiger partial charge in [-0.15, -0.1) is 0 Å². The molecular weight excluding hydrogens is 728 g/mol. The molecule has 0 heterocycles. The molecule has 4 aromatic carbocycles. The number of rotatable bonds is 6. The molecule has 4 rings (SSSR count). The Balaban J connectivity index is -0.000000286. The van der Waals surface area contributed by atoms with E-state index in [1.165, 1.54) is 0 Å². The van der Waals surface area contributed by atoms with Crippen LogP contribution in [0.15, 0.2) is 72.8 Å². The summed E-state index contributed by atoms with van der Waals surface area (Å²) in [5.41, 5.74) is 13.8. The molecule has 0 bridgehead atoms. The van der Waals surface area contributed by atoms with Crippen LogP contribution in [0.5, 0.6) is 46.0 Å². The summed E-state index contributed by atoms with van der Waals surface area (Å²) in [5, 5.41) is 111. The summed E-state index contributed by atoms with van der Waals surface area (Å²) in [7, 11) is 0. The summed E-state index contributed by atoms with van der Waals surface area (Å²) >= 11 is 0. The second-order valence-electron chi connectivity index (χ2n) is 9.36. The van der Waals surface area contributed by atoms with Crippen LogP contribution in [0.4, 0.5) is 0 Å². The fraction of sp³-hybridized carbons (Fsp3) is 0.125. The van der Waals surface area contributed by atoms with E-state index in [9.17, 15) is 39.6 Å². The lowest BCUT2D eigenvalue weighted by molar-refractivity contribution is -0.453. The Bertz CT molecular complexity index is 1500. The van der Waals surface area contributed by atoms with Crippen LogP contribution in [0, 0.1) is 0 Å². The summed E-state index contributed by atoms with van der Waals surface area (Å²) in [6.45, 7) is 3.83. The number of aromatic carboxylic acids is 4. The topological polar surface area (TPSA) is 496 Å². The molecule has 0 aliphatic rings. The minimum absolute atomic E-state index is 0. The number of quaternary nitrogens is 4. The van der Waals surface area contributed by atoms with Gasteiger partial charge >= 0.3 is 23.9 Å². The van der Waals surface area contributed by atoms with Gasteiger partial charge in [0.25, 0.3) is 0 Å². The summed E-state index contributed by atoms with van der Waals surface area (Å²) < 4.78 is 0. The van der Waals surface area contributed by atoms with Gasteiger partial charge in [0.05, 0.1) is 22.3 Å². The zero-order valence-corrected chi connectivity index (χ0v) is 28.4. The van der Waals surface area contributed by atoms with Crippen LogP contribution in [-0.2, 0) is 0 Å². The van der Waals surface area contributed by atoms with Gasteiger partial charge < -0.3 is 95.2 Å². The zero-order valence-electron chi connectivity index (χ0n) is 28.4. The van der Waals surface area contributed by atoms with Crippen LogP contribution in [0.1, 0.15) is 41.4 Å². The lowest BCUT2D eigenvalue weighted by Gasteiger charge is -2.07. The second kappa shape index (κ2) is 28.6. The number of aromatic hydroxyl groups is 4. The summed E-state index contributed by atoms with van der Waals surface area (Å²) in [6.07, 6.45) is 0. The molecule has 300 valence electrons. The normalized spacial score (nSPS) is 8.81. The Morgan fingerprint density at radius 3 is 0.630 bits per heavy atom. The second-order valence-corrected chi connectivity index (χ2v) is 9.36. The van der Waals surface area contributed by atoms with E-state index in [1.807, 2.05) is 0 Å². The lowest BCUT2D eigenvalue weighted by Crippen LogP contribution is -2.64. The molecule has 0 amide bonds. The first-order valence-corrected chi connectivity index (χ1v) is 14.4. The van der Waals surface area contributed by atoms with E-state index in [1.54, 1.807) is 0 Å². The molecule has 0 saturated carbocycles. The van der Waals surface area contributed by atoms with E-state index < -0.39 is 69.9 Å². The third-order valence-corrected chi connectivity index (χ3v) is 5.32. The predicted octanol–water partition coefficient (Wildman–Crippen LogP) is -6.05. The Labute approximate surface area is 305 Å². The van der Waals surface area contributed by atoms with E-state index in [2.05, 4.69) is 22.9 Å². The summed E-state index contributed by atoms with van der Waals surface area (Å²) in [6, 6.07) is 12.3. The highest BCUT2D eigenvalue weighted by Gasteiger charge is 2.04. The van der Waals surface area contributed by atoms with Crippen molar-refractivity contribution in [2.24, 2.45) is 0 Å². The Morgan fingerprint density at radius 1 is 0.389 bits per heavy atom. The quantitative estimate of drug-likeness (QED) is 0.0867. The molecule has 0 unspecified atom stereocenters. The molecule has 0 radical (unpaired) electrons. The number of carboxylic acids is 4. The Hall–Kier alpha value is -7.08. The van der Waals surface area contributed by atoms with E-state index in [-0.39, 0.29) is 33.2 Å². The van der Waals surface area contributed by atoms with Crippen molar-refractivity contribution in [1.82, 2.24) is 0 Å². The van der Waals surface area contributed by atoms with Crippen molar-refractivity contribution >= 4 is 23.9 Å². The van der Waals surface area contributed by atoms with E-state index in [4.69, 9.17) is 40.9 Å². The number of hydrogen-bond donors (Lipinski definition) is 12. The summed E-state index contributed by atoms with van der Waals surface area (Å²) in [5.74, 6) is -9.11. The molecule has 0 aromatic heterocycles. The first-order valence-electron chi connectivity index (χ1n) is 14.4. The van der Waals surface area contributed by atoms with Gasteiger partial charge in [-0.1, -0.05) is 47.3 Å². The van der Waals surface area contributed by atoms with Gasteiger partial charge in [0.1, 0.15) is 49.2 Å². The van der Waals surface area contributed by atoms with Crippen molar-refractivity contribution in [3.63, 3.8) is 0 Å². The van der Waals surface area contributed by atoms with E-state index >= 15 is 0 Å². The predicted molar refractivity (Wildman–Crippen MR) is 176 cm³/mol. The Morgan fingerprint density at radius 2 is 0.537 bits per heavy atom. The molecule has 22 heteroatoms. The van der Waals surface area contributed by atoms with Crippen LogP contribution in [0.3, 0.4) is 0 Å². The summed E-state index contributed by atoms with van der Waals surface area (Å²) in [4.78, 5) is 41.0. The molecule has 0 spiro atoms. The SMILES string of the molecule is O.O.O=C(O)c1ccc([O-])c(O)c1.O=C(O)c1ccc([O-])c(O)c1.O=C(O)c1ccc([O-])c(O)c1.O=C(O)c1ccc([O-])c(O)c1.[NH3+]CC[NH3+].[NH3+]CC[NH3+]. The van der Waals surface area contributed by atoms with Gasteiger partial charge in [0.15, 0.2) is 0 Å². The standard InChI is InChI=1S/4C7H6O4.2C2H8N2.2H2O/c4*8-5-2-1-4(7(10)11)3-6(5)9;2*3-1-2-4;;/h4*1-3,8-9H,(H,10,11);2*1-4H2;2*1H2. The monoisotopic (exact) mass is 772 g/mol. The van der Waals surface area contributed by atoms with Crippen molar-refractivity contribution < 1.29 is 114 Å². The molecule has 0 saturated heterocycles. The van der Waals surface area contributed by atoms with Crippen molar-refractivity contribution in [3.05, 3.63) is 95.1 Å². The van der Waals surface area contributed by atoms with Gasteiger partial charge in [-0.05, 0) is 48.5 Å². The largest absolute Gasteiger partial charge is 0.870 e. The minimum Gasteiger partial charge on any atom is -0.870 e. The van der Waals surface area contributed by atoms with E-state index in [0.29, 0.717) is 0 Å². The molecule has 54 heavy (non-hydrogen) atoms. The molecular formula is C32H44N4O18. The maximum absolute atomic E-state index is 10.6. The first kappa shape index (κ1) is 53.7. The maximum atomic E-state index is 10.6. The number of phenolic OH excluding ortho intramolecular Hbond substituents is 4. The number of benzene rings is 4. The molecule has 0 aliphatic carbocycles. The lowest BCUT2D eigenvalue weighted by atomic mass is 10.2. The van der Waals surface area contributed by atoms with Crippen molar-refractivity contribution in [3.8, 4) is 46.0 Å². The fourth-order valence-electron chi connectivity index (χ4n) is 2.60. The number of carboxylic acid groups (broad SMARTS) is 4. The highest BCUT2D eigenvalue weighted by Crippen LogP contribution is 2.24. The van der Waals surface area contributed by atoms with Gasteiger partial charge in [0, 0.05) is 0 Å². The van der Waals surface area contributed by atoms with Crippen LogP contribution >= 0.6 is 0 Å².